The highest BCUT2D eigenvalue weighted by Crippen LogP contribution is 1.66. The van der Waals surface area contributed by atoms with Gasteiger partial charge in [-0.3, -0.25) is 5.41 Å². The van der Waals surface area contributed by atoms with E-state index in [2.05, 4.69) is 0 Å². The van der Waals surface area contributed by atoms with Crippen LogP contribution < -0.4 is 0 Å². The summed E-state index contributed by atoms with van der Waals surface area (Å²) >= 11 is -1.03. The van der Waals surface area contributed by atoms with Gasteiger partial charge in [-0.25, -0.2) is 0 Å². The first-order chi connectivity index (χ1) is 2.27. The first-order valence-corrected chi connectivity index (χ1v) is 2.72. The molecule has 0 rings (SSSR count). The molecule has 0 bridgehead atoms. The van der Waals surface area contributed by atoms with Gasteiger partial charge < -0.3 is 4.55 Å². The van der Waals surface area contributed by atoms with Gasteiger partial charge in [0, 0.05) is 0 Å². The van der Waals surface area contributed by atoms with Crippen molar-refractivity contribution in [2.24, 2.45) is 0 Å². The highest BCUT2D eigenvalue weighted by atomic mass is 32.2. The third-order valence-electron chi connectivity index (χ3n) is 0.166. The Bertz CT molecular complexity index is 36.6. The Balaban J connectivity index is 2.83. The molecule has 0 saturated heterocycles. The summed E-state index contributed by atoms with van der Waals surface area (Å²) in [6.45, 7) is 0. The second kappa shape index (κ2) is 2.23. The molecule has 1 N–H and O–H groups in total. The first-order valence-electron chi connectivity index (χ1n) is 1.10. The fourth-order valence-corrected chi connectivity index (χ4v) is 0. The smallest absolute Gasteiger partial charge is 0.200 e. The van der Waals surface area contributed by atoms with E-state index in [-0.39, 0.29) is 0 Å². The molecule has 0 aliphatic rings. The third kappa shape index (κ3) is 3.98. The zero-order valence-electron chi connectivity index (χ0n) is 2.89. The molecule has 3 heteroatoms. The Kier molecular flexibility index (Phi) is 2.22. The van der Waals surface area contributed by atoms with Crippen molar-refractivity contribution in [3.05, 3.63) is 0 Å². The van der Waals surface area contributed by atoms with E-state index in [4.69, 9.17) is 5.41 Å². The monoisotopic (exact) mass is 91.0 g/mol. The van der Waals surface area contributed by atoms with Crippen LogP contribution in [0.5, 0.6) is 0 Å². The van der Waals surface area contributed by atoms with Crippen molar-refractivity contribution in [1.29, 1.82) is 5.41 Å². The molecule has 0 aromatic heterocycles. The molecule has 0 aromatic carbocycles. The SMILES string of the molecule is C[S+]([O-])C=N. The molecule has 0 fully saturated rings. The van der Waals surface area contributed by atoms with E-state index < -0.39 is 11.2 Å². The van der Waals surface area contributed by atoms with E-state index in [0.717, 1.165) is 5.55 Å². The van der Waals surface area contributed by atoms with Crippen LogP contribution in [0, 0.1) is 5.41 Å². The number of nitrogens with one attached hydrogen (secondary N) is 1. The molecular formula is C2H5NOS. The van der Waals surface area contributed by atoms with Gasteiger partial charge in [-0.15, -0.1) is 0 Å². The van der Waals surface area contributed by atoms with Crippen LogP contribution in [0.2, 0.25) is 0 Å². The first kappa shape index (κ1) is 4.98. The van der Waals surface area contributed by atoms with Crippen LogP contribution in [0.25, 0.3) is 0 Å². The average Bonchev–Trinajstić information content (AvgIpc) is 1.38. The van der Waals surface area contributed by atoms with Crippen LogP contribution in [0.3, 0.4) is 0 Å². The summed E-state index contributed by atoms with van der Waals surface area (Å²) in [5, 5.41) is 6.23. The van der Waals surface area contributed by atoms with Gasteiger partial charge in [-0.2, -0.15) is 0 Å². The Hall–Kier alpha value is -0.0200. The molecule has 30 valence electrons. The minimum atomic E-state index is -1.03. The summed E-state index contributed by atoms with van der Waals surface area (Å²) < 4.78 is 9.68. The standard InChI is InChI=1S/C2H5NOS/c1-5(4)2-3/h2-3H,1H3. The minimum absolute atomic E-state index is 0.889. The quantitative estimate of drug-likeness (QED) is 0.275. The molecule has 0 aliphatic carbocycles. The molecule has 2 nitrogen and oxygen atoms in total. The highest BCUT2D eigenvalue weighted by molar-refractivity contribution is 8.03. The average molecular weight is 91.1 g/mol. The number of rotatable bonds is 1. The summed E-state index contributed by atoms with van der Waals surface area (Å²) in [5.41, 5.74) is 0.889. The molecule has 0 heterocycles. The Labute approximate surface area is 33.9 Å². The summed E-state index contributed by atoms with van der Waals surface area (Å²) in [6.07, 6.45) is 1.45. The van der Waals surface area contributed by atoms with Gasteiger partial charge in [-0.05, 0) is 11.2 Å². The minimum Gasteiger partial charge on any atom is -0.611 e. The highest BCUT2D eigenvalue weighted by Gasteiger charge is 1.77. The lowest BCUT2D eigenvalue weighted by atomic mass is 11.7. The second-order valence-electron chi connectivity index (χ2n) is 0.616. The van der Waals surface area contributed by atoms with E-state index in [0.29, 0.717) is 0 Å². The lowest BCUT2D eigenvalue weighted by Crippen LogP contribution is -1.92. The zero-order valence-corrected chi connectivity index (χ0v) is 3.71. The van der Waals surface area contributed by atoms with Gasteiger partial charge in [0.05, 0.1) is 0 Å². The third-order valence-corrected chi connectivity index (χ3v) is 0.498. The predicted molar refractivity (Wildman–Crippen MR) is 22.9 cm³/mol. The van der Waals surface area contributed by atoms with E-state index >= 15 is 0 Å². The van der Waals surface area contributed by atoms with E-state index in [9.17, 15) is 4.55 Å². The molecule has 0 radical (unpaired) electrons. The van der Waals surface area contributed by atoms with Gasteiger partial charge in [0.1, 0.15) is 6.26 Å². The fraction of sp³-hybridized carbons (Fsp3) is 0.500. The lowest BCUT2D eigenvalue weighted by molar-refractivity contribution is 0.612. The number of hydrogen-bond donors (Lipinski definition) is 1. The summed E-state index contributed by atoms with van der Waals surface area (Å²) in [4.78, 5) is 0. The Morgan fingerprint density at radius 3 is 2.20 bits per heavy atom. The molecule has 5 heavy (non-hydrogen) atoms. The van der Waals surface area contributed by atoms with Crippen molar-refractivity contribution in [1.82, 2.24) is 0 Å². The van der Waals surface area contributed by atoms with Gasteiger partial charge in [-0.1, -0.05) is 0 Å². The Morgan fingerprint density at radius 2 is 2.20 bits per heavy atom. The number of hydrogen-bond acceptors (Lipinski definition) is 2. The molecule has 0 aliphatic heterocycles. The van der Waals surface area contributed by atoms with E-state index in [1.54, 1.807) is 0 Å². The van der Waals surface area contributed by atoms with Gasteiger partial charge in [0.15, 0.2) is 5.55 Å². The largest absolute Gasteiger partial charge is 0.611 e. The maximum atomic E-state index is 9.68. The topological polar surface area (TPSA) is 46.9 Å². The van der Waals surface area contributed by atoms with Crippen LogP contribution in [0.15, 0.2) is 0 Å². The molecule has 0 saturated carbocycles. The van der Waals surface area contributed by atoms with Crippen molar-refractivity contribution in [3.8, 4) is 0 Å². The van der Waals surface area contributed by atoms with E-state index in [1.807, 2.05) is 0 Å². The van der Waals surface area contributed by atoms with Crippen LogP contribution in [0.4, 0.5) is 0 Å². The van der Waals surface area contributed by atoms with Crippen molar-refractivity contribution in [3.63, 3.8) is 0 Å². The molecular weight excluding hydrogens is 86.1 g/mol. The molecule has 0 spiro atoms. The molecule has 0 amide bonds. The van der Waals surface area contributed by atoms with Crippen molar-refractivity contribution < 1.29 is 4.55 Å². The zero-order chi connectivity index (χ0) is 4.28. The van der Waals surface area contributed by atoms with Crippen LogP contribution in [0.1, 0.15) is 0 Å². The van der Waals surface area contributed by atoms with E-state index in [1.165, 1.54) is 6.26 Å². The van der Waals surface area contributed by atoms with Crippen LogP contribution in [-0.4, -0.2) is 16.4 Å². The normalized spacial score (nSPS) is 14.0. The van der Waals surface area contributed by atoms with Gasteiger partial charge in [0.25, 0.3) is 0 Å². The van der Waals surface area contributed by atoms with Crippen LogP contribution in [-0.2, 0) is 11.2 Å². The van der Waals surface area contributed by atoms with Gasteiger partial charge >= 0.3 is 0 Å². The second-order valence-corrected chi connectivity index (χ2v) is 1.85. The Morgan fingerprint density at radius 1 is 2.00 bits per heavy atom. The van der Waals surface area contributed by atoms with Crippen molar-refractivity contribution >= 4 is 16.7 Å². The van der Waals surface area contributed by atoms with Crippen LogP contribution >= 0.6 is 0 Å². The fourth-order valence-electron chi connectivity index (χ4n) is 0. The maximum Gasteiger partial charge on any atom is 0.200 e. The molecule has 0 aromatic rings. The maximum absolute atomic E-state index is 9.68. The molecule has 1 unspecified atom stereocenters. The summed E-state index contributed by atoms with van der Waals surface area (Å²) in [7, 11) is 0. The lowest BCUT2D eigenvalue weighted by Gasteiger charge is -1.87. The summed E-state index contributed by atoms with van der Waals surface area (Å²) in [5.74, 6) is 0. The predicted octanol–water partition coefficient (Wildman–Crippen LogP) is -0.0280. The summed E-state index contributed by atoms with van der Waals surface area (Å²) in [6, 6.07) is 0. The van der Waals surface area contributed by atoms with Crippen molar-refractivity contribution in [2.45, 2.75) is 0 Å². The van der Waals surface area contributed by atoms with Crippen molar-refractivity contribution in [2.75, 3.05) is 6.26 Å². The van der Waals surface area contributed by atoms with Gasteiger partial charge in [0.2, 0.25) is 0 Å². The molecule has 1 atom stereocenters.